The maximum Gasteiger partial charge on any atom is 0.410 e. The van der Waals surface area contributed by atoms with E-state index in [1.807, 2.05) is 13.8 Å². The van der Waals surface area contributed by atoms with Gasteiger partial charge in [-0.1, -0.05) is 6.07 Å². The predicted octanol–water partition coefficient (Wildman–Crippen LogP) is 3.13. The first-order valence-corrected chi connectivity index (χ1v) is 10.4. The molecule has 3 rings (SSSR count). The molecule has 0 atom stereocenters. The number of hydrogen-bond acceptors (Lipinski definition) is 7. The number of primary amides is 1. The van der Waals surface area contributed by atoms with Gasteiger partial charge in [0.15, 0.2) is 11.6 Å². The molecule has 32 heavy (non-hydrogen) atoms. The van der Waals surface area contributed by atoms with Crippen LogP contribution in [0.2, 0.25) is 0 Å². The van der Waals surface area contributed by atoms with Crippen LogP contribution in [0.3, 0.4) is 0 Å². The van der Waals surface area contributed by atoms with Gasteiger partial charge in [-0.3, -0.25) is 4.79 Å². The molecule has 1 aromatic heterocycles. The second-order valence-corrected chi connectivity index (χ2v) is 7.86. The first-order chi connectivity index (χ1) is 15.2. The van der Waals surface area contributed by atoms with Crippen LogP contribution in [-0.4, -0.2) is 52.2 Å². The third-order valence-corrected chi connectivity index (χ3v) is 4.89. The summed E-state index contributed by atoms with van der Waals surface area (Å²) in [6, 6.07) is 4.18. The van der Waals surface area contributed by atoms with Gasteiger partial charge in [-0.05, 0) is 38.5 Å². The van der Waals surface area contributed by atoms with Gasteiger partial charge in [-0.15, -0.1) is 0 Å². The van der Waals surface area contributed by atoms with Crippen molar-refractivity contribution in [1.82, 2.24) is 14.9 Å². The first-order valence-electron chi connectivity index (χ1n) is 10.4. The smallest absolute Gasteiger partial charge is 0.410 e. The zero-order valence-corrected chi connectivity index (χ0v) is 18.3. The molecule has 1 aliphatic heterocycles. The largest absolute Gasteiger partial charge is 0.474 e. The van der Waals surface area contributed by atoms with E-state index in [-0.39, 0.29) is 36.4 Å². The van der Waals surface area contributed by atoms with Crippen molar-refractivity contribution in [3.8, 4) is 17.5 Å². The minimum atomic E-state index is -0.634. The van der Waals surface area contributed by atoms with Crippen LogP contribution in [0.5, 0.6) is 17.5 Å². The molecule has 1 aromatic carbocycles. The summed E-state index contributed by atoms with van der Waals surface area (Å²) in [7, 11) is 0. The van der Waals surface area contributed by atoms with E-state index in [0.717, 1.165) is 0 Å². The summed E-state index contributed by atoms with van der Waals surface area (Å²) in [6.07, 6.45) is 1.86. The molecule has 172 valence electrons. The Kier molecular flexibility index (Phi) is 7.45. The summed E-state index contributed by atoms with van der Waals surface area (Å²) in [4.78, 5) is 32.9. The summed E-state index contributed by atoms with van der Waals surface area (Å²) >= 11 is 0. The lowest BCUT2D eigenvalue weighted by Crippen LogP contribution is -2.42. The minimum absolute atomic E-state index is 0.0389. The van der Waals surface area contributed by atoms with Crippen LogP contribution >= 0.6 is 0 Å². The summed E-state index contributed by atoms with van der Waals surface area (Å²) in [5, 5.41) is 0. The molecule has 9 nitrogen and oxygen atoms in total. The third-order valence-electron chi connectivity index (χ3n) is 4.89. The van der Waals surface area contributed by atoms with Crippen molar-refractivity contribution in [2.45, 2.75) is 52.2 Å². The van der Waals surface area contributed by atoms with Crippen molar-refractivity contribution >= 4 is 12.0 Å². The molecule has 0 spiro atoms. The van der Waals surface area contributed by atoms with Crippen molar-refractivity contribution in [1.29, 1.82) is 0 Å². The molecule has 1 aliphatic rings. The van der Waals surface area contributed by atoms with Crippen LogP contribution in [0.15, 0.2) is 24.5 Å². The molecule has 0 bridgehead atoms. The average molecular weight is 446 g/mol. The standard InChI is InChI=1S/C22H27FN4O5/c1-13(2)30-22(29)27-8-6-16(7-9-27)31-20-14(3)21(26-12-25-20)32-18-5-4-15(10-17(18)23)11-19(24)28/h4-5,10,12-13,16H,6-9,11H2,1-3H3,(H2,24,28). The van der Waals surface area contributed by atoms with Gasteiger partial charge in [0.2, 0.25) is 17.7 Å². The Balaban J connectivity index is 1.63. The molecule has 2 N–H and O–H groups in total. The molecular formula is C22H27FN4O5. The second-order valence-electron chi connectivity index (χ2n) is 7.86. The van der Waals surface area contributed by atoms with E-state index in [1.165, 1.54) is 18.5 Å². The Morgan fingerprint density at radius 2 is 1.91 bits per heavy atom. The Morgan fingerprint density at radius 1 is 1.22 bits per heavy atom. The Morgan fingerprint density at radius 3 is 2.53 bits per heavy atom. The maximum atomic E-state index is 14.4. The number of rotatable bonds is 7. The SMILES string of the molecule is Cc1c(Oc2ccc(CC(N)=O)cc2F)ncnc1OC1CCN(C(=O)OC(C)C)CC1. The topological polar surface area (TPSA) is 117 Å². The van der Waals surface area contributed by atoms with Crippen LogP contribution in [-0.2, 0) is 16.0 Å². The van der Waals surface area contributed by atoms with E-state index < -0.39 is 11.7 Å². The van der Waals surface area contributed by atoms with Crippen molar-refractivity contribution in [3.63, 3.8) is 0 Å². The number of halogens is 1. The number of amides is 2. The highest BCUT2D eigenvalue weighted by Crippen LogP contribution is 2.30. The molecule has 1 saturated heterocycles. The van der Waals surface area contributed by atoms with Crippen molar-refractivity contribution in [2.75, 3.05) is 13.1 Å². The number of likely N-dealkylation sites (tertiary alicyclic amines) is 1. The summed E-state index contributed by atoms with van der Waals surface area (Å²) in [5.41, 5.74) is 6.12. The zero-order chi connectivity index (χ0) is 23.3. The summed E-state index contributed by atoms with van der Waals surface area (Å²) < 4.78 is 31.2. The Hall–Kier alpha value is -3.43. The molecule has 0 radical (unpaired) electrons. The lowest BCUT2D eigenvalue weighted by molar-refractivity contribution is -0.117. The number of nitrogens with zero attached hydrogens (tertiary/aromatic N) is 3. The normalized spacial score (nSPS) is 14.3. The fourth-order valence-electron chi connectivity index (χ4n) is 3.27. The van der Waals surface area contributed by atoms with E-state index in [4.69, 9.17) is 19.9 Å². The number of ether oxygens (including phenoxy) is 3. The van der Waals surface area contributed by atoms with Gasteiger partial charge in [0.05, 0.1) is 18.1 Å². The summed E-state index contributed by atoms with van der Waals surface area (Å²) in [5.74, 6) is -0.722. The first kappa shape index (κ1) is 23.2. The number of piperidine rings is 1. The van der Waals surface area contributed by atoms with Gasteiger partial charge < -0.3 is 24.8 Å². The Labute approximate surface area is 185 Å². The van der Waals surface area contributed by atoms with Crippen molar-refractivity contribution in [3.05, 3.63) is 41.5 Å². The predicted molar refractivity (Wildman–Crippen MR) is 113 cm³/mol. The lowest BCUT2D eigenvalue weighted by atomic mass is 10.1. The molecule has 1 fully saturated rings. The fourth-order valence-corrected chi connectivity index (χ4v) is 3.27. The van der Waals surface area contributed by atoms with E-state index in [9.17, 15) is 14.0 Å². The van der Waals surface area contributed by atoms with Crippen LogP contribution in [0.4, 0.5) is 9.18 Å². The number of hydrogen-bond donors (Lipinski definition) is 1. The maximum absolute atomic E-state index is 14.4. The highest BCUT2D eigenvalue weighted by atomic mass is 19.1. The van der Waals surface area contributed by atoms with E-state index in [2.05, 4.69) is 9.97 Å². The van der Waals surface area contributed by atoms with Crippen LogP contribution in [0.25, 0.3) is 0 Å². The van der Waals surface area contributed by atoms with Crippen LogP contribution < -0.4 is 15.2 Å². The number of nitrogens with two attached hydrogens (primary N) is 1. The quantitative estimate of drug-likeness (QED) is 0.694. The van der Waals surface area contributed by atoms with Gasteiger partial charge in [-0.2, -0.15) is 0 Å². The van der Waals surface area contributed by atoms with Crippen LogP contribution in [0.1, 0.15) is 37.8 Å². The van der Waals surface area contributed by atoms with Crippen LogP contribution in [0, 0.1) is 12.7 Å². The molecule has 2 amide bonds. The third kappa shape index (κ3) is 6.05. The van der Waals surface area contributed by atoms with E-state index >= 15 is 0 Å². The van der Waals surface area contributed by atoms with Gasteiger partial charge in [0.25, 0.3) is 0 Å². The second kappa shape index (κ2) is 10.3. The van der Waals surface area contributed by atoms with Gasteiger partial charge in [-0.25, -0.2) is 19.2 Å². The molecule has 2 heterocycles. The van der Waals surface area contributed by atoms with Gasteiger partial charge in [0, 0.05) is 25.9 Å². The van der Waals surface area contributed by atoms with E-state index in [1.54, 1.807) is 17.9 Å². The number of aromatic nitrogens is 2. The molecule has 0 saturated carbocycles. The molecule has 10 heteroatoms. The summed E-state index contributed by atoms with van der Waals surface area (Å²) in [6.45, 7) is 6.39. The van der Waals surface area contributed by atoms with Crippen molar-refractivity contribution < 1.29 is 28.2 Å². The molecular weight excluding hydrogens is 419 g/mol. The number of benzene rings is 1. The highest BCUT2D eigenvalue weighted by molar-refractivity contribution is 5.76. The molecule has 0 unspecified atom stereocenters. The molecule has 0 aliphatic carbocycles. The minimum Gasteiger partial charge on any atom is -0.474 e. The lowest BCUT2D eigenvalue weighted by Gasteiger charge is -2.31. The fraction of sp³-hybridized carbons (Fsp3) is 0.455. The monoisotopic (exact) mass is 446 g/mol. The molecule has 2 aromatic rings. The number of carbonyl (C=O) groups is 2. The highest BCUT2D eigenvalue weighted by Gasteiger charge is 2.26. The van der Waals surface area contributed by atoms with E-state index in [0.29, 0.717) is 42.9 Å². The van der Waals surface area contributed by atoms with Gasteiger partial charge in [0.1, 0.15) is 12.4 Å². The van der Waals surface area contributed by atoms with Gasteiger partial charge >= 0.3 is 6.09 Å². The average Bonchev–Trinajstić information content (AvgIpc) is 2.72. The number of carbonyl (C=O) groups excluding carboxylic acids is 2. The van der Waals surface area contributed by atoms with Crippen molar-refractivity contribution in [2.24, 2.45) is 5.73 Å². The Bertz CT molecular complexity index is 977. The zero-order valence-electron chi connectivity index (χ0n) is 18.3.